The summed E-state index contributed by atoms with van der Waals surface area (Å²) >= 11 is 4.13. The molecule has 0 saturated heterocycles. The zero-order chi connectivity index (χ0) is 17.1. The lowest BCUT2D eigenvalue weighted by molar-refractivity contribution is -0.384. The largest absolute Gasteiger partial charge is 0.321 e. The number of anilines is 2. The number of hydrogen-bond donors (Lipinski definition) is 1. The molecule has 1 aromatic carbocycles. The topological polar surface area (TPSA) is 92.6 Å². The van der Waals surface area contributed by atoms with Crippen LogP contribution < -0.4 is 10.2 Å². The van der Waals surface area contributed by atoms with Crippen LogP contribution in [-0.2, 0) is 4.79 Å². The first kappa shape index (κ1) is 17.1. The van der Waals surface area contributed by atoms with Gasteiger partial charge >= 0.3 is 0 Å². The summed E-state index contributed by atoms with van der Waals surface area (Å²) in [5.41, 5.74) is 0.799. The van der Waals surface area contributed by atoms with Crippen molar-refractivity contribution in [3.05, 3.63) is 49.1 Å². The second-order valence-electron chi connectivity index (χ2n) is 4.60. The number of nitro groups is 1. The van der Waals surface area contributed by atoms with Crippen molar-refractivity contribution in [1.29, 1.82) is 0 Å². The van der Waals surface area contributed by atoms with Crippen LogP contribution in [0.2, 0.25) is 0 Å². The molecule has 2 amide bonds. The lowest BCUT2D eigenvalue weighted by atomic mass is 10.2. The highest BCUT2D eigenvalue weighted by molar-refractivity contribution is 9.11. The third-order valence-corrected chi connectivity index (χ3v) is 4.68. The molecule has 2 aromatic rings. The van der Waals surface area contributed by atoms with Gasteiger partial charge in [0.25, 0.3) is 11.6 Å². The summed E-state index contributed by atoms with van der Waals surface area (Å²) in [6.07, 6.45) is 0. The summed E-state index contributed by atoms with van der Waals surface area (Å²) in [6.45, 7) is 1.43. The minimum absolute atomic E-state index is 0.00667. The van der Waals surface area contributed by atoms with Gasteiger partial charge in [-0.15, -0.1) is 11.3 Å². The minimum Gasteiger partial charge on any atom is -0.321 e. The molecule has 120 valence electrons. The SMILES string of the molecule is CC(=O)N(C)c1cccc(NC(=O)c2sc(Br)cc2[N+](=O)[O-])c1. The quantitative estimate of drug-likeness (QED) is 0.629. The molecule has 2 rings (SSSR count). The first-order valence-electron chi connectivity index (χ1n) is 6.39. The number of hydrogen-bond acceptors (Lipinski definition) is 5. The van der Waals surface area contributed by atoms with Gasteiger partial charge in [0.05, 0.1) is 8.71 Å². The van der Waals surface area contributed by atoms with Crippen LogP contribution in [0.4, 0.5) is 17.1 Å². The fourth-order valence-electron chi connectivity index (χ4n) is 1.81. The van der Waals surface area contributed by atoms with Gasteiger partial charge < -0.3 is 10.2 Å². The van der Waals surface area contributed by atoms with Gasteiger partial charge in [-0.2, -0.15) is 0 Å². The molecule has 0 atom stereocenters. The summed E-state index contributed by atoms with van der Waals surface area (Å²) in [5.74, 6) is -0.721. The van der Waals surface area contributed by atoms with Crippen molar-refractivity contribution >= 4 is 56.1 Å². The standard InChI is InChI=1S/C14H12BrN3O4S/c1-8(19)17(2)10-5-3-4-9(6-10)16-14(20)13-11(18(21)22)7-12(15)23-13/h3-7H,1-2H3,(H,16,20). The van der Waals surface area contributed by atoms with Crippen LogP contribution in [0.15, 0.2) is 34.1 Å². The van der Waals surface area contributed by atoms with Gasteiger partial charge in [0, 0.05) is 31.4 Å². The highest BCUT2D eigenvalue weighted by Gasteiger charge is 2.24. The van der Waals surface area contributed by atoms with E-state index in [0.29, 0.717) is 15.2 Å². The molecule has 0 unspecified atom stereocenters. The van der Waals surface area contributed by atoms with Crippen molar-refractivity contribution in [3.63, 3.8) is 0 Å². The maximum atomic E-state index is 12.3. The van der Waals surface area contributed by atoms with E-state index < -0.39 is 10.8 Å². The van der Waals surface area contributed by atoms with Gasteiger partial charge in [0.1, 0.15) is 0 Å². The van der Waals surface area contributed by atoms with Crippen molar-refractivity contribution in [3.8, 4) is 0 Å². The molecular weight excluding hydrogens is 386 g/mol. The van der Waals surface area contributed by atoms with Crippen LogP contribution >= 0.6 is 27.3 Å². The molecule has 0 aliphatic carbocycles. The molecule has 1 aromatic heterocycles. The molecule has 0 spiro atoms. The Morgan fingerprint density at radius 3 is 2.65 bits per heavy atom. The Bertz CT molecular complexity index is 790. The molecule has 7 nitrogen and oxygen atoms in total. The van der Waals surface area contributed by atoms with Gasteiger partial charge in [-0.25, -0.2) is 0 Å². The van der Waals surface area contributed by atoms with E-state index in [1.165, 1.54) is 17.9 Å². The molecule has 0 fully saturated rings. The average molecular weight is 398 g/mol. The average Bonchev–Trinajstić information content (AvgIpc) is 2.89. The van der Waals surface area contributed by atoms with E-state index in [0.717, 1.165) is 11.3 Å². The monoisotopic (exact) mass is 397 g/mol. The Hall–Kier alpha value is -2.26. The van der Waals surface area contributed by atoms with E-state index in [9.17, 15) is 19.7 Å². The molecule has 0 bridgehead atoms. The van der Waals surface area contributed by atoms with Crippen molar-refractivity contribution in [2.45, 2.75) is 6.92 Å². The summed E-state index contributed by atoms with van der Waals surface area (Å²) in [6, 6.07) is 7.96. The number of thiophene rings is 1. The summed E-state index contributed by atoms with van der Waals surface area (Å²) < 4.78 is 0.499. The summed E-state index contributed by atoms with van der Waals surface area (Å²) in [7, 11) is 1.62. The van der Waals surface area contributed by atoms with Crippen molar-refractivity contribution < 1.29 is 14.5 Å². The van der Waals surface area contributed by atoms with Crippen molar-refractivity contribution in [2.75, 3.05) is 17.3 Å². The predicted octanol–water partition coefficient (Wildman–Crippen LogP) is 3.65. The number of benzene rings is 1. The second kappa shape index (κ2) is 6.88. The fourth-order valence-corrected chi connectivity index (χ4v) is 3.26. The van der Waals surface area contributed by atoms with E-state index in [1.54, 1.807) is 31.3 Å². The molecule has 9 heteroatoms. The predicted molar refractivity (Wildman–Crippen MR) is 92.2 cm³/mol. The molecular formula is C14H12BrN3O4S. The van der Waals surface area contributed by atoms with Gasteiger partial charge in [-0.3, -0.25) is 19.7 Å². The molecule has 0 aliphatic rings. The Balaban J connectivity index is 2.26. The van der Waals surface area contributed by atoms with Crippen LogP contribution in [0.25, 0.3) is 0 Å². The highest BCUT2D eigenvalue weighted by Crippen LogP contribution is 2.33. The Kier molecular flexibility index (Phi) is 5.12. The van der Waals surface area contributed by atoms with E-state index in [4.69, 9.17) is 0 Å². The van der Waals surface area contributed by atoms with Gasteiger partial charge in [0.2, 0.25) is 5.91 Å². The smallest absolute Gasteiger partial charge is 0.294 e. The number of carbonyl (C=O) groups excluding carboxylic acids is 2. The maximum Gasteiger partial charge on any atom is 0.294 e. The van der Waals surface area contributed by atoms with Crippen LogP contribution in [0.5, 0.6) is 0 Å². The van der Waals surface area contributed by atoms with E-state index in [-0.39, 0.29) is 16.5 Å². The molecule has 0 aliphatic heterocycles. The van der Waals surface area contributed by atoms with E-state index in [1.807, 2.05) is 0 Å². The zero-order valence-electron chi connectivity index (χ0n) is 12.2. The van der Waals surface area contributed by atoms with Crippen LogP contribution in [0, 0.1) is 10.1 Å². The third kappa shape index (κ3) is 3.93. The number of nitrogens with one attached hydrogen (secondary N) is 1. The van der Waals surface area contributed by atoms with Gasteiger partial charge in [-0.05, 0) is 34.1 Å². The lowest BCUT2D eigenvalue weighted by Crippen LogP contribution is -2.23. The number of rotatable bonds is 4. The molecule has 23 heavy (non-hydrogen) atoms. The number of halogens is 1. The molecule has 1 N–H and O–H groups in total. The van der Waals surface area contributed by atoms with Crippen LogP contribution in [0.1, 0.15) is 16.6 Å². The van der Waals surface area contributed by atoms with Crippen LogP contribution in [-0.4, -0.2) is 23.8 Å². The normalized spacial score (nSPS) is 10.2. The molecule has 1 heterocycles. The Morgan fingerprint density at radius 2 is 2.04 bits per heavy atom. The third-order valence-electron chi connectivity index (χ3n) is 3.05. The first-order chi connectivity index (χ1) is 10.8. The lowest BCUT2D eigenvalue weighted by Gasteiger charge is -2.16. The second-order valence-corrected chi connectivity index (χ2v) is 7.04. The van der Waals surface area contributed by atoms with Crippen molar-refractivity contribution in [1.82, 2.24) is 0 Å². The number of carbonyl (C=O) groups is 2. The van der Waals surface area contributed by atoms with E-state index in [2.05, 4.69) is 21.2 Å². The Labute approximate surface area is 144 Å². The highest BCUT2D eigenvalue weighted by atomic mass is 79.9. The Morgan fingerprint density at radius 1 is 1.35 bits per heavy atom. The number of nitrogens with zero attached hydrogens (tertiary/aromatic N) is 2. The summed E-state index contributed by atoms with van der Waals surface area (Å²) in [5, 5.41) is 13.6. The zero-order valence-corrected chi connectivity index (χ0v) is 14.6. The van der Waals surface area contributed by atoms with E-state index >= 15 is 0 Å². The van der Waals surface area contributed by atoms with Crippen molar-refractivity contribution in [2.24, 2.45) is 0 Å². The molecule has 0 saturated carbocycles. The fraction of sp³-hybridized carbons (Fsp3) is 0.143. The van der Waals surface area contributed by atoms with Gasteiger partial charge in [-0.1, -0.05) is 6.07 Å². The minimum atomic E-state index is -0.601. The molecule has 0 radical (unpaired) electrons. The van der Waals surface area contributed by atoms with Crippen LogP contribution in [0.3, 0.4) is 0 Å². The first-order valence-corrected chi connectivity index (χ1v) is 8.00. The maximum absolute atomic E-state index is 12.3. The van der Waals surface area contributed by atoms with Gasteiger partial charge in [0.15, 0.2) is 4.88 Å². The summed E-state index contributed by atoms with van der Waals surface area (Å²) in [4.78, 5) is 35.5. The number of amides is 2.